The minimum Gasteiger partial charge on any atom is -0.295 e. The van der Waals surface area contributed by atoms with Gasteiger partial charge in [0.15, 0.2) is 5.78 Å². The molecule has 0 amide bonds. The first-order valence-corrected chi connectivity index (χ1v) is 9.38. The fourth-order valence-corrected chi connectivity index (χ4v) is 6.88. The van der Waals surface area contributed by atoms with Gasteiger partial charge in [0.05, 0.1) is 0 Å². The molecule has 5 atom stereocenters. The molecule has 22 heavy (non-hydrogen) atoms. The Kier molecular flexibility index (Phi) is 3.23. The fourth-order valence-electron chi connectivity index (χ4n) is 6.88. The van der Waals surface area contributed by atoms with Crippen molar-refractivity contribution >= 4 is 5.78 Å². The highest BCUT2D eigenvalue weighted by molar-refractivity contribution is 5.91. The second-order valence-electron chi connectivity index (χ2n) is 8.78. The molecule has 0 aromatic rings. The van der Waals surface area contributed by atoms with Crippen molar-refractivity contribution in [3.8, 4) is 0 Å². The standard InChI is InChI=1S/C21H30O/c1-4-14-6-8-18-17-7-5-15-13-16(22)9-11-21(15,3)19(17)10-12-20(14,18)2/h4,13,17-19H,5-12H2,1-3H3/b14-4+/t17-,18-,19-,20+,21-/m0/s1. The third-order valence-electron chi connectivity index (χ3n) is 8.16. The third-order valence-corrected chi connectivity index (χ3v) is 8.16. The van der Waals surface area contributed by atoms with E-state index in [1.165, 1.54) is 44.1 Å². The summed E-state index contributed by atoms with van der Waals surface area (Å²) in [5.74, 6) is 3.00. The summed E-state index contributed by atoms with van der Waals surface area (Å²) in [4.78, 5) is 11.9. The van der Waals surface area contributed by atoms with Crippen LogP contribution in [-0.4, -0.2) is 5.78 Å². The number of carbonyl (C=O) groups excluding carboxylic acids is 1. The summed E-state index contributed by atoms with van der Waals surface area (Å²) in [6.07, 6.45) is 14.3. The summed E-state index contributed by atoms with van der Waals surface area (Å²) in [7, 11) is 0. The molecule has 0 saturated heterocycles. The molecule has 0 radical (unpaired) electrons. The van der Waals surface area contributed by atoms with Crippen LogP contribution < -0.4 is 0 Å². The summed E-state index contributed by atoms with van der Waals surface area (Å²) in [6, 6.07) is 0. The average Bonchev–Trinajstić information content (AvgIpc) is 2.84. The lowest BCUT2D eigenvalue weighted by molar-refractivity contribution is -0.117. The molecule has 0 unspecified atom stereocenters. The Morgan fingerprint density at radius 2 is 1.77 bits per heavy atom. The number of fused-ring (bicyclic) bond motifs is 5. The number of ketones is 1. The van der Waals surface area contributed by atoms with Crippen LogP contribution in [0, 0.1) is 28.6 Å². The fraction of sp³-hybridized carbons (Fsp3) is 0.762. The van der Waals surface area contributed by atoms with Gasteiger partial charge in [0.25, 0.3) is 0 Å². The molecule has 3 saturated carbocycles. The van der Waals surface area contributed by atoms with Gasteiger partial charge in [0.2, 0.25) is 0 Å². The molecule has 1 nitrogen and oxygen atoms in total. The van der Waals surface area contributed by atoms with Crippen LogP contribution in [0.25, 0.3) is 0 Å². The molecule has 0 heterocycles. The maximum Gasteiger partial charge on any atom is 0.155 e. The van der Waals surface area contributed by atoms with Crippen LogP contribution in [0.4, 0.5) is 0 Å². The monoisotopic (exact) mass is 298 g/mol. The van der Waals surface area contributed by atoms with Gasteiger partial charge in [-0.2, -0.15) is 0 Å². The lowest BCUT2D eigenvalue weighted by Gasteiger charge is -2.57. The number of rotatable bonds is 0. The van der Waals surface area contributed by atoms with Gasteiger partial charge in [-0.25, -0.2) is 0 Å². The van der Waals surface area contributed by atoms with E-state index >= 15 is 0 Å². The van der Waals surface area contributed by atoms with Gasteiger partial charge in [0, 0.05) is 6.42 Å². The van der Waals surface area contributed by atoms with Crippen LogP contribution in [0.15, 0.2) is 23.3 Å². The van der Waals surface area contributed by atoms with Crippen LogP contribution in [-0.2, 0) is 4.79 Å². The van der Waals surface area contributed by atoms with E-state index < -0.39 is 0 Å². The lowest BCUT2D eigenvalue weighted by Crippen LogP contribution is -2.49. The molecule has 4 rings (SSSR count). The van der Waals surface area contributed by atoms with Crippen LogP contribution in [0.3, 0.4) is 0 Å². The Balaban J connectivity index is 1.70. The van der Waals surface area contributed by atoms with Crippen molar-refractivity contribution in [2.24, 2.45) is 28.6 Å². The SMILES string of the molecule is C/C=C1\CC[C@H]2[C@@H]3CCC4=CC(=O)CC[C@]4(C)[C@H]3CC[C@]12C. The highest BCUT2D eigenvalue weighted by atomic mass is 16.1. The first-order valence-electron chi connectivity index (χ1n) is 9.38. The van der Waals surface area contributed by atoms with Gasteiger partial charge in [-0.1, -0.05) is 31.1 Å². The van der Waals surface area contributed by atoms with Crippen molar-refractivity contribution in [2.75, 3.05) is 0 Å². The number of hydrogen-bond acceptors (Lipinski definition) is 1. The van der Waals surface area contributed by atoms with Crippen molar-refractivity contribution in [1.29, 1.82) is 0 Å². The summed E-state index contributed by atoms with van der Waals surface area (Å²) in [5.41, 5.74) is 4.05. The van der Waals surface area contributed by atoms with E-state index in [9.17, 15) is 4.79 Å². The van der Waals surface area contributed by atoms with Gasteiger partial charge < -0.3 is 0 Å². The largest absolute Gasteiger partial charge is 0.295 e. The van der Waals surface area contributed by atoms with Crippen molar-refractivity contribution in [3.63, 3.8) is 0 Å². The Labute approximate surface area is 135 Å². The topological polar surface area (TPSA) is 17.1 Å². The highest BCUT2D eigenvalue weighted by Gasteiger charge is 2.57. The van der Waals surface area contributed by atoms with E-state index in [-0.39, 0.29) is 0 Å². The van der Waals surface area contributed by atoms with Crippen molar-refractivity contribution in [2.45, 2.75) is 72.1 Å². The molecular formula is C21H30O. The van der Waals surface area contributed by atoms with Gasteiger partial charge in [-0.05, 0) is 86.5 Å². The van der Waals surface area contributed by atoms with E-state index in [1.54, 1.807) is 5.57 Å². The summed E-state index contributed by atoms with van der Waals surface area (Å²) in [6.45, 7) is 7.27. The van der Waals surface area contributed by atoms with Crippen LogP contribution >= 0.6 is 0 Å². The number of hydrogen-bond donors (Lipinski definition) is 0. The zero-order valence-electron chi connectivity index (χ0n) is 14.5. The summed E-state index contributed by atoms with van der Waals surface area (Å²) < 4.78 is 0. The Morgan fingerprint density at radius 1 is 1.00 bits per heavy atom. The molecule has 0 spiro atoms. The van der Waals surface area contributed by atoms with E-state index in [2.05, 4.69) is 26.8 Å². The second-order valence-corrected chi connectivity index (χ2v) is 8.78. The summed E-state index contributed by atoms with van der Waals surface area (Å²) in [5, 5.41) is 0. The van der Waals surface area contributed by atoms with E-state index in [4.69, 9.17) is 0 Å². The minimum absolute atomic E-state index is 0.330. The first kappa shape index (κ1) is 14.7. The zero-order valence-corrected chi connectivity index (χ0v) is 14.5. The first-order chi connectivity index (χ1) is 10.5. The molecule has 0 aliphatic heterocycles. The smallest absolute Gasteiger partial charge is 0.155 e. The lowest BCUT2D eigenvalue weighted by atomic mass is 9.47. The molecule has 4 aliphatic rings. The predicted molar refractivity (Wildman–Crippen MR) is 90.5 cm³/mol. The quantitative estimate of drug-likeness (QED) is 0.542. The maximum atomic E-state index is 11.9. The van der Waals surface area contributed by atoms with E-state index in [0.717, 1.165) is 30.6 Å². The van der Waals surface area contributed by atoms with Gasteiger partial charge in [-0.3, -0.25) is 4.79 Å². The maximum absolute atomic E-state index is 11.9. The van der Waals surface area contributed by atoms with Crippen LogP contribution in [0.1, 0.15) is 72.1 Å². The Bertz CT molecular complexity index is 568. The van der Waals surface area contributed by atoms with Crippen molar-refractivity contribution in [3.05, 3.63) is 23.3 Å². The predicted octanol–water partition coefficient (Wildman–Crippen LogP) is 5.46. The zero-order chi connectivity index (χ0) is 15.5. The van der Waals surface area contributed by atoms with Crippen LogP contribution in [0.5, 0.6) is 0 Å². The van der Waals surface area contributed by atoms with Crippen molar-refractivity contribution < 1.29 is 4.79 Å². The Hall–Kier alpha value is -0.850. The second kappa shape index (κ2) is 4.82. The molecule has 1 heteroatoms. The molecule has 4 aliphatic carbocycles. The molecule has 120 valence electrons. The van der Waals surface area contributed by atoms with Gasteiger partial charge in [0.1, 0.15) is 0 Å². The molecule has 0 aromatic carbocycles. The summed E-state index contributed by atoms with van der Waals surface area (Å²) >= 11 is 0. The Morgan fingerprint density at radius 3 is 2.55 bits per heavy atom. The number of carbonyl (C=O) groups is 1. The van der Waals surface area contributed by atoms with E-state index in [0.29, 0.717) is 16.6 Å². The highest BCUT2D eigenvalue weighted by Crippen LogP contribution is 2.66. The van der Waals surface area contributed by atoms with Gasteiger partial charge >= 0.3 is 0 Å². The third kappa shape index (κ3) is 1.80. The van der Waals surface area contributed by atoms with Crippen molar-refractivity contribution in [1.82, 2.24) is 0 Å². The molecule has 3 fully saturated rings. The normalized spacial score (nSPS) is 49.4. The van der Waals surface area contributed by atoms with Gasteiger partial charge in [-0.15, -0.1) is 0 Å². The molecule has 0 N–H and O–H groups in total. The number of allylic oxidation sites excluding steroid dienone is 3. The molecular weight excluding hydrogens is 268 g/mol. The van der Waals surface area contributed by atoms with Crippen LogP contribution in [0.2, 0.25) is 0 Å². The average molecular weight is 298 g/mol. The van der Waals surface area contributed by atoms with E-state index in [1.807, 2.05) is 6.08 Å². The molecule has 0 aromatic heterocycles. The minimum atomic E-state index is 0.330. The molecule has 0 bridgehead atoms.